The van der Waals surface area contributed by atoms with Gasteiger partial charge in [0.1, 0.15) is 6.61 Å². The zero-order valence-electron chi connectivity index (χ0n) is 11.3. The fourth-order valence-corrected chi connectivity index (χ4v) is 2.98. The van der Waals surface area contributed by atoms with Gasteiger partial charge < -0.3 is 4.74 Å². The Morgan fingerprint density at radius 2 is 2.23 bits per heavy atom. The summed E-state index contributed by atoms with van der Waals surface area (Å²) >= 11 is 4.44. The molecule has 22 heavy (non-hydrogen) atoms. The van der Waals surface area contributed by atoms with Crippen molar-refractivity contribution in [3.05, 3.63) is 55.6 Å². The van der Waals surface area contributed by atoms with Gasteiger partial charge in [-0.05, 0) is 28.9 Å². The minimum absolute atomic E-state index is 0.0299. The van der Waals surface area contributed by atoms with Gasteiger partial charge in [0, 0.05) is 28.6 Å². The second-order valence-electron chi connectivity index (χ2n) is 4.39. The summed E-state index contributed by atoms with van der Waals surface area (Å²) in [4.78, 5) is 32.3. The van der Waals surface area contributed by atoms with Crippen LogP contribution in [0.5, 0.6) is 0 Å². The van der Waals surface area contributed by atoms with Crippen LogP contribution in [0.1, 0.15) is 21.1 Å². The Balaban J connectivity index is 1.78. The van der Waals surface area contributed by atoms with Crippen molar-refractivity contribution < 1.29 is 9.53 Å². The molecule has 3 rings (SSSR count). The maximum absolute atomic E-state index is 11.9. The first-order valence-corrected chi connectivity index (χ1v) is 7.78. The minimum Gasteiger partial charge on any atom is -0.455 e. The van der Waals surface area contributed by atoms with E-state index in [1.54, 1.807) is 19.2 Å². The molecule has 0 saturated heterocycles. The highest BCUT2D eigenvalue weighted by molar-refractivity contribution is 9.10. The lowest BCUT2D eigenvalue weighted by Gasteiger charge is -2.01. The summed E-state index contributed by atoms with van der Waals surface area (Å²) in [6.45, 7) is 1.71. The van der Waals surface area contributed by atoms with Gasteiger partial charge in [0.05, 0.1) is 5.56 Å². The van der Waals surface area contributed by atoms with Crippen LogP contribution in [0.2, 0.25) is 0 Å². The number of hydrogen-bond acceptors (Lipinski definition) is 7. The summed E-state index contributed by atoms with van der Waals surface area (Å²) in [5.41, 5.74) is 0.701. The van der Waals surface area contributed by atoms with E-state index < -0.39 is 5.97 Å². The molecule has 0 aliphatic heterocycles. The summed E-state index contributed by atoms with van der Waals surface area (Å²) in [5, 5.41) is 4.59. The number of aryl methyl sites for hydroxylation is 1. The van der Waals surface area contributed by atoms with Gasteiger partial charge in [-0.25, -0.2) is 9.78 Å². The number of aromatic nitrogens is 4. The molecule has 9 heteroatoms. The number of hydrogen-bond donors (Lipinski definition) is 0. The van der Waals surface area contributed by atoms with Gasteiger partial charge >= 0.3 is 5.97 Å². The highest BCUT2D eigenvalue weighted by Gasteiger charge is 2.12. The average molecular weight is 381 g/mol. The highest BCUT2D eigenvalue weighted by Crippen LogP contribution is 2.14. The predicted molar refractivity (Wildman–Crippen MR) is 82.9 cm³/mol. The Kier molecular flexibility index (Phi) is 3.99. The molecule has 0 radical (unpaired) electrons. The zero-order chi connectivity index (χ0) is 15.7. The molecule has 112 valence electrons. The molecule has 0 amide bonds. The molecule has 3 heterocycles. The minimum atomic E-state index is -0.510. The zero-order valence-corrected chi connectivity index (χ0v) is 13.7. The number of pyridine rings is 1. The van der Waals surface area contributed by atoms with E-state index in [1.807, 2.05) is 0 Å². The van der Waals surface area contributed by atoms with Gasteiger partial charge in [-0.15, -0.1) is 0 Å². The van der Waals surface area contributed by atoms with Crippen molar-refractivity contribution in [2.75, 3.05) is 0 Å². The Labute approximate surface area is 136 Å². The number of ether oxygens (including phenoxy) is 1. The lowest BCUT2D eigenvalue weighted by Crippen LogP contribution is -2.14. The van der Waals surface area contributed by atoms with E-state index in [9.17, 15) is 9.59 Å². The standard InChI is InChI=1S/C13H9BrN4O3S/c1-7-2-11(19)18-13(16-7)22-10(17-18)6-21-12(20)8-3-9(14)5-15-4-8/h2-5H,6H2,1H3. The van der Waals surface area contributed by atoms with Crippen molar-refractivity contribution in [1.29, 1.82) is 0 Å². The Bertz CT molecular complexity index is 921. The smallest absolute Gasteiger partial charge is 0.340 e. The van der Waals surface area contributed by atoms with Crippen molar-refractivity contribution in [1.82, 2.24) is 19.6 Å². The van der Waals surface area contributed by atoms with Crippen LogP contribution in [-0.2, 0) is 11.3 Å². The summed E-state index contributed by atoms with van der Waals surface area (Å²) in [5.74, 6) is -0.510. The van der Waals surface area contributed by atoms with Crippen molar-refractivity contribution in [2.45, 2.75) is 13.5 Å². The molecule has 0 aromatic carbocycles. The molecule has 0 spiro atoms. The first-order valence-electron chi connectivity index (χ1n) is 6.17. The van der Waals surface area contributed by atoms with E-state index in [2.05, 4.69) is 31.0 Å². The maximum Gasteiger partial charge on any atom is 0.340 e. The van der Waals surface area contributed by atoms with Crippen LogP contribution in [0.15, 0.2) is 33.8 Å². The van der Waals surface area contributed by atoms with Gasteiger partial charge in [-0.2, -0.15) is 9.61 Å². The van der Waals surface area contributed by atoms with E-state index in [-0.39, 0.29) is 12.2 Å². The lowest BCUT2D eigenvalue weighted by atomic mass is 10.3. The molecule has 7 nitrogen and oxygen atoms in total. The molecule has 0 N–H and O–H groups in total. The quantitative estimate of drug-likeness (QED) is 0.645. The number of carbonyl (C=O) groups is 1. The second-order valence-corrected chi connectivity index (χ2v) is 6.35. The van der Waals surface area contributed by atoms with Crippen LogP contribution in [0.4, 0.5) is 0 Å². The molecular formula is C13H9BrN4O3S. The highest BCUT2D eigenvalue weighted by atomic mass is 79.9. The lowest BCUT2D eigenvalue weighted by molar-refractivity contribution is 0.0471. The monoisotopic (exact) mass is 380 g/mol. The average Bonchev–Trinajstić information content (AvgIpc) is 2.88. The van der Waals surface area contributed by atoms with Crippen molar-refractivity contribution in [2.24, 2.45) is 0 Å². The second kappa shape index (κ2) is 5.93. The third-order valence-corrected chi connectivity index (χ3v) is 4.00. The van der Waals surface area contributed by atoms with Crippen LogP contribution >= 0.6 is 27.3 Å². The summed E-state index contributed by atoms with van der Waals surface area (Å²) in [6.07, 6.45) is 2.99. The van der Waals surface area contributed by atoms with Crippen molar-refractivity contribution in [3.8, 4) is 0 Å². The van der Waals surface area contributed by atoms with Crippen LogP contribution in [0.3, 0.4) is 0 Å². The summed E-state index contributed by atoms with van der Waals surface area (Å²) < 4.78 is 7.06. The molecule has 0 fully saturated rings. The molecule has 0 unspecified atom stereocenters. The van der Waals surface area contributed by atoms with E-state index in [0.717, 1.165) is 0 Å². The predicted octanol–water partition coefficient (Wildman–Crippen LogP) is 1.97. The van der Waals surface area contributed by atoms with E-state index >= 15 is 0 Å². The fourth-order valence-electron chi connectivity index (χ4n) is 1.75. The fraction of sp³-hybridized carbons (Fsp3) is 0.154. The van der Waals surface area contributed by atoms with Crippen LogP contribution in [0, 0.1) is 6.92 Å². The summed E-state index contributed by atoms with van der Waals surface area (Å²) in [7, 11) is 0. The van der Waals surface area contributed by atoms with E-state index in [0.29, 0.717) is 25.7 Å². The Hall–Kier alpha value is -2.13. The normalized spacial score (nSPS) is 10.8. The Morgan fingerprint density at radius 1 is 1.41 bits per heavy atom. The van der Waals surface area contributed by atoms with Crippen LogP contribution in [0.25, 0.3) is 4.96 Å². The maximum atomic E-state index is 11.9. The third-order valence-electron chi connectivity index (χ3n) is 2.68. The van der Waals surface area contributed by atoms with Gasteiger partial charge in [-0.1, -0.05) is 11.3 Å². The molecule has 0 bridgehead atoms. The number of fused-ring (bicyclic) bond motifs is 1. The molecule has 0 aliphatic rings. The molecular weight excluding hydrogens is 372 g/mol. The first-order chi connectivity index (χ1) is 10.5. The van der Waals surface area contributed by atoms with Gasteiger partial charge in [0.25, 0.3) is 5.56 Å². The Morgan fingerprint density at radius 3 is 3.00 bits per heavy atom. The van der Waals surface area contributed by atoms with Crippen molar-refractivity contribution >= 4 is 38.2 Å². The molecule has 0 aliphatic carbocycles. The number of rotatable bonds is 3. The van der Waals surface area contributed by atoms with Crippen molar-refractivity contribution in [3.63, 3.8) is 0 Å². The van der Waals surface area contributed by atoms with E-state index in [4.69, 9.17) is 4.74 Å². The summed E-state index contributed by atoms with van der Waals surface area (Å²) in [6, 6.07) is 3.01. The number of nitrogens with zero attached hydrogens (tertiary/aromatic N) is 4. The molecule has 0 saturated carbocycles. The number of halogens is 1. The van der Waals surface area contributed by atoms with Crippen LogP contribution < -0.4 is 5.56 Å². The molecule has 0 atom stereocenters. The number of esters is 1. The van der Waals surface area contributed by atoms with Gasteiger partial charge in [0.2, 0.25) is 4.96 Å². The first kappa shape index (κ1) is 14.8. The third kappa shape index (κ3) is 3.04. The van der Waals surface area contributed by atoms with Gasteiger partial charge in [0.15, 0.2) is 5.01 Å². The van der Waals surface area contributed by atoms with Gasteiger partial charge in [-0.3, -0.25) is 9.78 Å². The van der Waals surface area contributed by atoms with Crippen LogP contribution in [-0.4, -0.2) is 25.6 Å². The topological polar surface area (TPSA) is 86.5 Å². The largest absolute Gasteiger partial charge is 0.455 e. The molecule has 3 aromatic rings. The number of carbonyl (C=O) groups excluding carboxylic acids is 1. The molecule has 3 aromatic heterocycles. The van der Waals surface area contributed by atoms with E-state index in [1.165, 1.54) is 28.1 Å². The SMILES string of the molecule is Cc1cc(=O)n2nc(COC(=O)c3cncc(Br)c3)sc2n1.